The molecule has 0 aliphatic rings. The molecular weight excluding hydrogens is 882 g/mol. The summed E-state index contributed by atoms with van der Waals surface area (Å²) in [6, 6.07) is 3.41. The molecule has 0 N–H and O–H groups in total. The average Bonchev–Trinajstić information content (AvgIpc) is 3.03. The first-order chi connectivity index (χ1) is 25.1. The SMILES string of the molecule is Cc1ccc(OCCOCCC(F)(F)C(F)(F)C(F)(F)C(F)(F)C(F)(F)C(F)(F)F)c(OCCOCCC(F)(F)C(F)(F)C(F)(F)C(F)(F)C(F)(F)C(F)(F)F)c1. The third kappa shape index (κ3) is 9.54. The lowest BCUT2D eigenvalue weighted by Crippen LogP contribution is -2.70. The molecule has 0 heterocycles. The Morgan fingerprint density at radius 2 is 0.649 bits per heavy atom. The minimum Gasteiger partial charge on any atom is -0.487 e. The van der Waals surface area contributed by atoms with Crippen molar-refractivity contribution >= 4 is 0 Å². The zero-order valence-electron chi connectivity index (χ0n) is 27.3. The number of hydrogen-bond donors (Lipinski definition) is 0. The van der Waals surface area contributed by atoms with E-state index in [0.717, 1.165) is 12.1 Å². The Morgan fingerprint density at radius 3 is 0.965 bits per heavy atom. The van der Waals surface area contributed by atoms with Crippen molar-refractivity contribution in [3.63, 3.8) is 0 Å². The molecule has 30 heteroatoms. The minimum atomic E-state index is -8.09. The highest BCUT2D eigenvalue weighted by atomic mass is 19.4. The molecule has 0 bridgehead atoms. The second kappa shape index (κ2) is 16.5. The minimum absolute atomic E-state index is 0.323. The Balaban J connectivity index is 2.78. The Morgan fingerprint density at radius 1 is 0.351 bits per heavy atom. The third-order valence-electron chi connectivity index (χ3n) is 7.19. The van der Waals surface area contributed by atoms with Gasteiger partial charge in [-0.05, 0) is 24.6 Å². The van der Waals surface area contributed by atoms with Crippen molar-refractivity contribution in [2.24, 2.45) is 0 Å². The molecule has 0 aliphatic carbocycles. The molecule has 0 radical (unpaired) electrons. The molecule has 0 unspecified atom stereocenters. The first-order valence-corrected chi connectivity index (χ1v) is 14.5. The van der Waals surface area contributed by atoms with E-state index in [1.54, 1.807) is 0 Å². The van der Waals surface area contributed by atoms with Crippen LogP contribution >= 0.6 is 0 Å². The highest BCUT2D eigenvalue weighted by Gasteiger charge is 2.92. The smallest absolute Gasteiger partial charge is 0.460 e. The number of aryl methyl sites for hydroxylation is 1. The summed E-state index contributed by atoms with van der Waals surface area (Å²) < 4.78 is 361. The van der Waals surface area contributed by atoms with E-state index in [2.05, 4.69) is 9.47 Å². The zero-order valence-corrected chi connectivity index (χ0v) is 27.3. The molecule has 0 aromatic heterocycles. The third-order valence-corrected chi connectivity index (χ3v) is 7.19. The molecule has 0 saturated carbocycles. The highest BCUT2D eigenvalue weighted by Crippen LogP contribution is 2.62. The van der Waals surface area contributed by atoms with Crippen LogP contribution < -0.4 is 9.47 Å². The highest BCUT2D eigenvalue weighted by molar-refractivity contribution is 5.42. The zero-order chi connectivity index (χ0) is 45.3. The quantitative estimate of drug-likeness (QED) is 0.0858. The van der Waals surface area contributed by atoms with Crippen LogP contribution in [0, 0.1) is 6.92 Å². The van der Waals surface area contributed by atoms with E-state index in [1.807, 2.05) is 0 Å². The maximum atomic E-state index is 13.8. The largest absolute Gasteiger partial charge is 0.487 e. The summed E-state index contributed by atoms with van der Waals surface area (Å²) in [6.07, 6.45) is -20.5. The van der Waals surface area contributed by atoms with Gasteiger partial charge in [-0.2, -0.15) is 114 Å². The maximum absolute atomic E-state index is 13.8. The fourth-order valence-corrected chi connectivity index (χ4v) is 3.79. The van der Waals surface area contributed by atoms with Crippen LogP contribution in [0.2, 0.25) is 0 Å². The van der Waals surface area contributed by atoms with E-state index in [9.17, 15) is 114 Å². The lowest BCUT2D eigenvalue weighted by atomic mass is 9.93. The molecule has 0 fully saturated rings. The van der Waals surface area contributed by atoms with Crippen molar-refractivity contribution in [2.45, 2.75) is 91.3 Å². The van der Waals surface area contributed by atoms with Gasteiger partial charge in [0.25, 0.3) is 0 Å². The normalized spacial score (nSPS) is 15.3. The summed E-state index contributed by atoms with van der Waals surface area (Å²) in [6.45, 7) is -5.78. The molecule has 1 aromatic rings. The number of rotatable bonds is 22. The van der Waals surface area contributed by atoms with Gasteiger partial charge in [0.2, 0.25) is 0 Å². The summed E-state index contributed by atoms with van der Waals surface area (Å²) in [5.41, 5.74) is 0.323. The number of benzene rings is 1. The molecular formula is C27H22F26O4. The van der Waals surface area contributed by atoms with Crippen molar-refractivity contribution in [2.75, 3.05) is 39.6 Å². The Hall–Kier alpha value is -3.08. The summed E-state index contributed by atoms with van der Waals surface area (Å²) >= 11 is 0. The van der Waals surface area contributed by atoms with Crippen molar-refractivity contribution in [3.8, 4) is 11.5 Å². The van der Waals surface area contributed by atoms with Gasteiger partial charge in [-0.1, -0.05) is 6.07 Å². The van der Waals surface area contributed by atoms with Gasteiger partial charge in [-0.15, -0.1) is 0 Å². The van der Waals surface area contributed by atoms with E-state index in [-0.39, 0.29) is 11.5 Å². The summed E-state index contributed by atoms with van der Waals surface area (Å²) in [5, 5.41) is 0. The van der Waals surface area contributed by atoms with E-state index < -0.39 is 124 Å². The molecule has 336 valence electrons. The van der Waals surface area contributed by atoms with E-state index >= 15 is 0 Å². The fraction of sp³-hybridized carbons (Fsp3) is 0.778. The van der Waals surface area contributed by atoms with Gasteiger partial charge in [0, 0.05) is 12.8 Å². The van der Waals surface area contributed by atoms with Crippen LogP contribution in [0.1, 0.15) is 18.4 Å². The van der Waals surface area contributed by atoms with Crippen LogP contribution in [-0.2, 0) is 9.47 Å². The van der Waals surface area contributed by atoms with Crippen LogP contribution in [0.25, 0.3) is 0 Å². The Bertz CT molecular complexity index is 1470. The first-order valence-electron chi connectivity index (χ1n) is 14.5. The van der Waals surface area contributed by atoms with E-state index in [0.29, 0.717) is 5.56 Å². The second-order valence-corrected chi connectivity index (χ2v) is 11.4. The van der Waals surface area contributed by atoms with Crippen molar-refractivity contribution in [1.29, 1.82) is 0 Å². The molecule has 1 rings (SSSR count). The fourth-order valence-electron chi connectivity index (χ4n) is 3.79. The molecule has 0 spiro atoms. The van der Waals surface area contributed by atoms with E-state index in [4.69, 9.17) is 9.47 Å². The maximum Gasteiger partial charge on any atom is 0.460 e. The molecule has 0 saturated heterocycles. The van der Waals surface area contributed by atoms with Crippen LogP contribution in [0.4, 0.5) is 114 Å². The lowest BCUT2D eigenvalue weighted by Gasteiger charge is -2.39. The van der Waals surface area contributed by atoms with Crippen molar-refractivity contribution in [3.05, 3.63) is 23.8 Å². The molecule has 4 nitrogen and oxygen atoms in total. The molecule has 57 heavy (non-hydrogen) atoms. The average molecular weight is 904 g/mol. The second-order valence-electron chi connectivity index (χ2n) is 11.4. The predicted molar refractivity (Wildman–Crippen MR) is 135 cm³/mol. The van der Waals surface area contributed by atoms with Crippen LogP contribution in [0.15, 0.2) is 18.2 Å². The van der Waals surface area contributed by atoms with E-state index in [1.165, 1.54) is 13.0 Å². The number of hydrogen-bond acceptors (Lipinski definition) is 4. The van der Waals surface area contributed by atoms with Crippen molar-refractivity contribution < 1.29 is 133 Å². The molecule has 0 atom stereocenters. The van der Waals surface area contributed by atoms with Crippen LogP contribution in [0.3, 0.4) is 0 Å². The van der Waals surface area contributed by atoms with Crippen LogP contribution in [-0.4, -0.2) is 111 Å². The summed E-state index contributed by atoms with van der Waals surface area (Å²) in [5.74, 6) is -76.6. The standard InChI is InChI=1S/C27H22F26O4/c1-13-2-3-14(56-10-8-54-6-4-16(28,29)18(32,33)20(36,37)22(40,41)24(44,45)26(48,49)50)15(12-13)57-11-9-55-7-5-17(30,31)19(34,35)21(38,39)23(42,43)25(46,47)27(51,52)53/h2-3,12H,4-11H2,1H3. The monoisotopic (exact) mass is 904 g/mol. The topological polar surface area (TPSA) is 36.9 Å². The van der Waals surface area contributed by atoms with Gasteiger partial charge in [-0.3, -0.25) is 0 Å². The van der Waals surface area contributed by atoms with Crippen LogP contribution in [0.5, 0.6) is 11.5 Å². The van der Waals surface area contributed by atoms with Gasteiger partial charge in [-0.25, -0.2) is 0 Å². The molecule has 1 aromatic carbocycles. The number of ether oxygens (including phenoxy) is 4. The first kappa shape index (κ1) is 51.9. The molecule has 0 amide bonds. The lowest BCUT2D eigenvalue weighted by molar-refractivity contribution is -0.440. The summed E-state index contributed by atoms with van der Waals surface area (Å²) in [7, 11) is 0. The summed E-state index contributed by atoms with van der Waals surface area (Å²) in [4.78, 5) is 0. The van der Waals surface area contributed by atoms with Gasteiger partial charge in [0.1, 0.15) is 13.2 Å². The van der Waals surface area contributed by atoms with Gasteiger partial charge in [0.05, 0.1) is 26.4 Å². The van der Waals surface area contributed by atoms with Crippen molar-refractivity contribution in [1.82, 2.24) is 0 Å². The number of halogens is 26. The Kier molecular flexibility index (Phi) is 15.1. The number of alkyl halides is 26. The predicted octanol–water partition coefficient (Wildman–Crippen LogP) is 11.0. The van der Waals surface area contributed by atoms with Gasteiger partial charge < -0.3 is 18.9 Å². The Labute approximate surface area is 300 Å². The van der Waals surface area contributed by atoms with Gasteiger partial charge >= 0.3 is 71.6 Å². The molecule has 0 aliphatic heterocycles. The van der Waals surface area contributed by atoms with Gasteiger partial charge in [0.15, 0.2) is 11.5 Å².